The molecule has 27 heavy (non-hydrogen) atoms. The fourth-order valence-corrected chi connectivity index (χ4v) is 2.51. The third kappa shape index (κ3) is 4.78. The van der Waals surface area contributed by atoms with Gasteiger partial charge in [0.15, 0.2) is 23.9 Å². The zero-order chi connectivity index (χ0) is 19.4. The number of ketones is 1. The number of benzene rings is 2. The summed E-state index contributed by atoms with van der Waals surface area (Å²) in [4.78, 5) is 23.9. The second kappa shape index (κ2) is 7.69. The van der Waals surface area contributed by atoms with E-state index in [1.165, 1.54) is 6.07 Å². The Balaban J connectivity index is 1.57. The van der Waals surface area contributed by atoms with E-state index in [2.05, 4.69) is 0 Å². The van der Waals surface area contributed by atoms with Crippen molar-refractivity contribution >= 4 is 11.8 Å². The first-order valence-electron chi connectivity index (χ1n) is 8.07. The maximum atomic E-state index is 12.7. The SMILES string of the molecule is O=C(Cc1ccc2c(c1)OCCO2)OCC(=O)c1cccc(C(F)(F)F)c1. The summed E-state index contributed by atoms with van der Waals surface area (Å²) >= 11 is 0. The predicted molar refractivity (Wildman–Crippen MR) is 87.9 cm³/mol. The molecule has 0 radical (unpaired) electrons. The zero-order valence-electron chi connectivity index (χ0n) is 14.0. The third-order valence-electron chi connectivity index (χ3n) is 3.83. The van der Waals surface area contributed by atoms with Crippen LogP contribution in [0.5, 0.6) is 11.5 Å². The van der Waals surface area contributed by atoms with Crippen molar-refractivity contribution in [2.45, 2.75) is 12.6 Å². The van der Waals surface area contributed by atoms with Crippen molar-refractivity contribution < 1.29 is 37.0 Å². The van der Waals surface area contributed by atoms with E-state index < -0.39 is 30.1 Å². The van der Waals surface area contributed by atoms with Crippen LogP contribution in [0.2, 0.25) is 0 Å². The van der Waals surface area contributed by atoms with Crippen LogP contribution in [0.3, 0.4) is 0 Å². The fraction of sp³-hybridized carbons (Fsp3) is 0.263. The van der Waals surface area contributed by atoms with Crippen LogP contribution in [0, 0.1) is 0 Å². The first kappa shape index (κ1) is 18.8. The highest BCUT2D eigenvalue weighted by Gasteiger charge is 2.31. The maximum Gasteiger partial charge on any atom is 0.416 e. The number of hydrogen-bond acceptors (Lipinski definition) is 5. The summed E-state index contributed by atoms with van der Waals surface area (Å²) < 4.78 is 53.8. The van der Waals surface area contributed by atoms with Crippen LogP contribution in [-0.4, -0.2) is 31.6 Å². The van der Waals surface area contributed by atoms with Gasteiger partial charge in [0.05, 0.1) is 12.0 Å². The van der Waals surface area contributed by atoms with Crippen LogP contribution in [0.25, 0.3) is 0 Å². The van der Waals surface area contributed by atoms with Crippen molar-refractivity contribution in [1.29, 1.82) is 0 Å². The summed E-state index contributed by atoms with van der Waals surface area (Å²) in [5, 5.41) is 0. The monoisotopic (exact) mass is 380 g/mol. The number of esters is 1. The van der Waals surface area contributed by atoms with E-state index in [0.717, 1.165) is 18.2 Å². The number of carbonyl (C=O) groups is 2. The Morgan fingerprint density at radius 3 is 2.48 bits per heavy atom. The van der Waals surface area contributed by atoms with Crippen LogP contribution in [0.1, 0.15) is 21.5 Å². The number of alkyl halides is 3. The largest absolute Gasteiger partial charge is 0.486 e. The molecule has 0 saturated heterocycles. The van der Waals surface area contributed by atoms with Crippen molar-refractivity contribution in [3.05, 3.63) is 59.2 Å². The molecule has 0 spiro atoms. The van der Waals surface area contributed by atoms with Gasteiger partial charge in [0.2, 0.25) is 0 Å². The molecular weight excluding hydrogens is 365 g/mol. The van der Waals surface area contributed by atoms with Gasteiger partial charge in [-0.05, 0) is 29.8 Å². The van der Waals surface area contributed by atoms with E-state index in [1.54, 1.807) is 18.2 Å². The molecule has 0 N–H and O–H groups in total. The molecule has 0 amide bonds. The second-order valence-electron chi connectivity index (χ2n) is 5.82. The van der Waals surface area contributed by atoms with Crippen LogP contribution >= 0.6 is 0 Å². The molecule has 0 atom stereocenters. The zero-order valence-corrected chi connectivity index (χ0v) is 14.0. The molecule has 1 aliphatic rings. The quantitative estimate of drug-likeness (QED) is 0.587. The van der Waals surface area contributed by atoms with Gasteiger partial charge in [0.1, 0.15) is 13.2 Å². The molecule has 142 valence electrons. The van der Waals surface area contributed by atoms with E-state index in [-0.39, 0.29) is 12.0 Å². The normalized spacial score (nSPS) is 13.1. The Kier molecular flexibility index (Phi) is 5.34. The molecule has 1 heterocycles. The van der Waals surface area contributed by atoms with Gasteiger partial charge in [-0.15, -0.1) is 0 Å². The lowest BCUT2D eigenvalue weighted by Crippen LogP contribution is -2.17. The van der Waals surface area contributed by atoms with Gasteiger partial charge in [-0.25, -0.2) is 0 Å². The Labute approximate surface area is 152 Å². The highest BCUT2D eigenvalue weighted by Crippen LogP contribution is 2.31. The summed E-state index contributed by atoms with van der Waals surface area (Å²) in [6.45, 7) is 0.225. The summed E-state index contributed by atoms with van der Waals surface area (Å²) in [7, 11) is 0. The Morgan fingerprint density at radius 2 is 1.74 bits per heavy atom. The molecule has 2 aromatic rings. The van der Waals surface area contributed by atoms with Crippen molar-refractivity contribution in [3.63, 3.8) is 0 Å². The van der Waals surface area contributed by atoms with Crippen molar-refractivity contribution in [3.8, 4) is 11.5 Å². The average Bonchev–Trinajstić information content (AvgIpc) is 2.65. The average molecular weight is 380 g/mol. The topological polar surface area (TPSA) is 61.8 Å². The predicted octanol–water partition coefficient (Wildman–Crippen LogP) is 3.45. The molecule has 0 bridgehead atoms. The van der Waals surface area contributed by atoms with Gasteiger partial charge in [0.25, 0.3) is 0 Å². The summed E-state index contributed by atoms with van der Waals surface area (Å²) in [5.41, 5.74) is -0.497. The maximum absolute atomic E-state index is 12.7. The lowest BCUT2D eigenvalue weighted by atomic mass is 10.1. The van der Waals surface area contributed by atoms with Gasteiger partial charge in [-0.2, -0.15) is 13.2 Å². The Hall–Kier alpha value is -3.03. The van der Waals surface area contributed by atoms with E-state index >= 15 is 0 Å². The van der Waals surface area contributed by atoms with Gasteiger partial charge >= 0.3 is 12.1 Å². The lowest BCUT2D eigenvalue weighted by molar-refractivity contribution is -0.141. The number of hydrogen-bond donors (Lipinski definition) is 0. The van der Waals surface area contributed by atoms with Crippen molar-refractivity contribution in [2.75, 3.05) is 19.8 Å². The third-order valence-corrected chi connectivity index (χ3v) is 3.83. The van der Waals surface area contributed by atoms with Crippen LogP contribution in [0.4, 0.5) is 13.2 Å². The molecular formula is C19H15F3O5. The minimum Gasteiger partial charge on any atom is -0.486 e. The number of carbonyl (C=O) groups excluding carboxylic acids is 2. The molecule has 0 fully saturated rings. The molecule has 0 unspecified atom stereocenters. The summed E-state index contributed by atoms with van der Waals surface area (Å²) in [6.07, 6.45) is -4.66. The van der Waals surface area contributed by atoms with Crippen LogP contribution in [-0.2, 0) is 22.1 Å². The smallest absolute Gasteiger partial charge is 0.416 e. The number of Topliss-reactive ketones (excluding diaryl/α,β-unsaturated/α-hetero) is 1. The van der Waals surface area contributed by atoms with E-state index in [0.29, 0.717) is 30.3 Å². The highest BCUT2D eigenvalue weighted by atomic mass is 19.4. The number of ether oxygens (including phenoxy) is 3. The first-order valence-corrected chi connectivity index (χ1v) is 8.07. The van der Waals surface area contributed by atoms with Crippen LogP contribution in [0.15, 0.2) is 42.5 Å². The molecule has 0 aliphatic carbocycles. The van der Waals surface area contributed by atoms with Gasteiger partial charge in [-0.1, -0.05) is 18.2 Å². The number of fused-ring (bicyclic) bond motifs is 1. The molecule has 0 saturated carbocycles. The molecule has 0 aromatic heterocycles. The number of halogens is 3. The molecule has 2 aromatic carbocycles. The van der Waals surface area contributed by atoms with E-state index in [4.69, 9.17) is 14.2 Å². The van der Waals surface area contributed by atoms with Gasteiger partial charge in [0, 0.05) is 5.56 Å². The first-order chi connectivity index (χ1) is 12.8. The molecule has 3 rings (SSSR count). The lowest BCUT2D eigenvalue weighted by Gasteiger charge is -2.18. The van der Waals surface area contributed by atoms with E-state index in [1.807, 2.05) is 0 Å². The number of rotatable bonds is 5. The minimum absolute atomic E-state index is 0.105. The minimum atomic E-state index is -4.55. The van der Waals surface area contributed by atoms with E-state index in [9.17, 15) is 22.8 Å². The van der Waals surface area contributed by atoms with Crippen LogP contribution < -0.4 is 9.47 Å². The van der Waals surface area contributed by atoms with Gasteiger partial charge < -0.3 is 14.2 Å². The van der Waals surface area contributed by atoms with Crippen molar-refractivity contribution in [2.24, 2.45) is 0 Å². The Bertz CT molecular complexity index is 861. The molecule has 1 aliphatic heterocycles. The second-order valence-corrected chi connectivity index (χ2v) is 5.82. The standard InChI is InChI=1S/C19H15F3O5/c20-19(21,22)14-3-1-2-13(10-14)15(23)11-27-18(24)9-12-4-5-16-17(8-12)26-7-6-25-16/h1-5,8,10H,6-7,9,11H2. The van der Waals surface area contributed by atoms with Gasteiger partial charge in [-0.3, -0.25) is 9.59 Å². The highest BCUT2D eigenvalue weighted by molar-refractivity contribution is 5.98. The fourth-order valence-electron chi connectivity index (χ4n) is 2.51. The van der Waals surface area contributed by atoms with Crippen molar-refractivity contribution in [1.82, 2.24) is 0 Å². The Morgan fingerprint density at radius 1 is 1.00 bits per heavy atom. The molecule has 5 nitrogen and oxygen atoms in total. The summed E-state index contributed by atoms with van der Waals surface area (Å²) in [6, 6.07) is 8.96. The molecule has 8 heteroatoms. The summed E-state index contributed by atoms with van der Waals surface area (Å²) in [5.74, 6) is -0.284.